The molecule has 0 saturated heterocycles. The fraction of sp³-hybridized carbons (Fsp3) is 0.417. The summed E-state index contributed by atoms with van der Waals surface area (Å²) in [6, 6.07) is 8.13. The summed E-state index contributed by atoms with van der Waals surface area (Å²) >= 11 is 3.29. The van der Waals surface area contributed by atoms with Crippen LogP contribution in [0.5, 0.6) is 0 Å². The zero-order valence-corrected chi connectivity index (χ0v) is 18.4. The van der Waals surface area contributed by atoms with Crippen LogP contribution in [-0.2, 0) is 14.3 Å². The monoisotopic (exact) mass is 439 g/mol. The zero-order chi connectivity index (χ0) is 20.7. The molecule has 5 rings (SSSR count). The second-order valence-corrected chi connectivity index (χ2v) is 10.4. The van der Waals surface area contributed by atoms with Crippen LogP contribution in [0.25, 0.3) is 0 Å². The number of thiophene rings is 2. The molecule has 156 valence electrons. The lowest BCUT2D eigenvalue weighted by Crippen LogP contribution is -2.42. The number of allylic oxidation sites excluding steroid dienone is 2. The summed E-state index contributed by atoms with van der Waals surface area (Å²) in [5, 5.41) is 7.42. The molecule has 2 aromatic rings. The predicted molar refractivity (Wildman–Crippen MR) is 120 cm³/mol. The van der Waals surface area contributed by atoms with Crippen molar-refractivity contribution >= 4 is 34.4 Å². The highest BCUT2D eigenvalue weighted by atomic mass is 32.1. The van der Waals surface area contributed by atoms with Gasteiger partial charge in [0.15, 0.2) is 5.78 Å². The number of ether oxygens (including phenoxy) is 1. The Kier molecular flexibility index (Phi) is 5.37. The number of ketones is 1. The second-order valence-electron chi connectivity index (χ2n) is 8.40. The molecule has 2 aromatic heterocycles. The summed E-state index contributed by atoms with van der Waals surface area (Å²) in [4.78, 5) is 28.9. The number of nitrogens with one attached hydrogen (secondary N) is 1. The van der Waals surface area contributed by atoms with Crippen LogP contribution in [0.15, 0.2) is 58.6 Å². The molecule has 0 amide bonds. The van der Waals surface area contributed by atoms with E-state index in [1.54, 1.807) is 22.7 Å². The van der Waals surface area contributed by atoms with E-state index in [9.17, 15) is 9.59 Å². The van der Waals surface area contributed by atoms with E-state index in [1.807, 2.05) is 23.6 Å². The van der Waals surface area contributed by atoms with E-state index in [0.717, 1.165) is 48.3 Å². The molecule has 0 bridgehead atoms. The minimum atomic E-state index is -0.565. The molecule has 2 aliphatic carbocycles. The summed E-state index contributed by atoms with van der Waals surface area (Å²) in [6.07, 6.45) is 5.32. The van der Waals surface area contributed by atoms with Crippen molar-refractivity contribution in [2.75, 3.05) is 0 Å². The van der Waals surface area contributed by atoms with Crippen molar-refractivity contribution < 1.29 is 14.3 Å². The van der Waals surface area contributed by atoms with Crippen molar-refractivity contribution in [1.82, 2.24) is 5.32 Å². The maximum absolute atomic E-state index is 13.4. The van der Waals surface area contributed by atoms with Crippen LogP contribution >= 0.6 is 22.7 Å². The molecule has 30 heavy (non-hydrogen) atoms. The minimum Gasteiger partial charge on any atom is -0.462 e. The number of hydrogen-bond donors (Lipinski definition) is 1. The van der Waals surface area contributed by atoms with Crippen molar-refractivity contribution in [3.63, 3.8) is 0 Å². The van der Waals surface area contributed by atoms with Gasteiger partial charge in [0.25, 0.3) is 0 Å². The molecule has 3 atom stereocenters. The molecule has 3 heterocycles. The third-order valence-corrected chi connectivity index (χ3v) is 8.46. The fourth-order valence-electron chi connectivity index (χ4n) is 5.07. The fourth-order valence-corrected chi connectivity index (χ4v) is 6.77. The summed E-state index contributed by atoms with van der Waals surface area (Å²) in [5.74, 6) is -0.809. The topological polar surface area (TPSA) is 55.4 Å². The van der Waals surface area contributed by atoms with Gasteiger partial charge in [-0.25, -0.2) is 0 Å². The molecule has 0 spiro atoms. The van der Waals surface area contributed by atoms with Gasteiger partial charge in [0.1, 0.15) is 12.0 Å². The van der Waals surface area contributed by atoms with Crippen molar-refractivity contribution in [3.8, 4) is 0 Å². The van der Waals surface area contributed by atoms with Gasteiger partial charge in [-0.1, -0.05) is 18.7 Å². The third kappa shape index (κ3) is 3.56. The lowest BCUT2D eigenvalue weighted by Gasteiger charge is -2.39. The Balaban J connectivity index is 1.51. The summed E-state index contributed by atoms with van der Waals surface area (Å²) < 4.78 is 5.88. The third-order valence-electron chi connectivity index (χ3n) is 6.47. The quantitative estimate of drug-likeness (QED) is 0.638. The predicted octanol–water partition coefficient (Wildman–Crippen LogP) is 5.51. The van der Waals surface area contributed by atoms with Crippen molar-refractivity contribution in [3.05, 3.63) is 68.3 Å². The number of carbonyl (C=O) groups excluding carboxylic acids is 2. The molecule has 1 aliphatic heterocycles. The molecule has 3 aliphatic rings. The van der Waals surface area contributed by atoms with E-state index in [2.05, 4.69) is 23.3 Å². The molecule has 1 fully saturated rings. The van der Waals surface area contributed by atoms with Crippen LogP contribution in [0.3, 0.4) is 0 Å². The molecular formula is C24H25NO3S2. The van der Waals surface area contributed by atoms with Gasteiger partial charge in [-0.05, 0) is 55.0 Å². The molecular weight excluding hydrogens is 414 g/mol. The summed E-state index contributed by atoms with van der Waals surface area (Å²) in [6.45, 7) is 4.21. The number of carbonyl (C=O) groups is 2. The SMILES string of the molecule is C=C1NC2=C(C(=O)CC(c3cccs3)C2)C(c2cccs2)C1C(=O)OC1CCCC1. The Morgan fingerprint density at radius 1 is 1.07 bits per heavy atom. The highest BCUT2D eigenvalue weighted by molar-refractivity contribution is 7.10. The van der Waals surface area contributed by atoms with E-state index in [4.69, 9.17) is 4.74 Å². The average Bonchev–Trinajstić information content (AvgIpc) is 3.49. The molecule has 0 aromatic carbocycles. The Morgan fingerprint density at radius 3 is 2.43 bits per heavy atom. The first-order valence-corrected chi connectivity index (χ1v) is 12.4. The van der Waals surface area contributed by atoms with Crippen LogP contribution in [0.1, 0.15) is 60.1 Å². The van der Waals surface area contributed by atoms with Crippen LogP contribution < -0.4 is 5.32 Å². The normalized spacial score (nSPS) is 27.1. The van der Waals surface area contributed by atoms with Crippen LogP contribution in [0, 0.1) is 5.92 Å². The number of rotatable bonds is 4. The molecule has 1 saturated carbocycles. The van der Waals surface area contributed by atoms with Gasteiger partial charge >= 0.3 is 5.97 Å². The largest absolute Gasteiger partial charge is 0.462 e. The van der Waals surface area contributed by atoms with Gasteiger partial charge < -0.3 is 10.1 Å². The Hall–Kier alpha value is -2.18. The highest BCUT2D eigenvalue weighted by Gasteiger charge is 2.46. The standard InChI is InChI=1S/C24H25NO3S2/c1-14-21(24(27)28-16-6-2-3-7-16)23(20-9-5-11-30-20)22-17(25-14)12-15(13-18(22)26)19-8-4-10-29-19/h4-5,8-11,15-16,21,23,25H,1-3,6-7,12-13H2. The van der Waals surface area contributed by atoms with Gasteiger partial charge in [-0.15, -0.1) is 22.7 Å². The molecule has 3 unspecified atom stereocenters. The van der Waals surface area contributed by atoms with E-state index in [0.29, 0.717) is 12.1 Å². The number of esters is 1. The van der Waals surface area contributed by atoms with Gasteiger partial charge in [0, 0.05) is 45.0 Å². The van der Waals surface area contributed by atoms with Crippen molar-refractivity contribution in [2.24, 2.45) is 5.92 Å². The van der Waals surface area contributed by atoms with Crippen LogP contribution in [-0.4, -0.2) is 17.9 Å². The first-order chi connectivity index (χ1) is 14.6. The Labute approximate surface area is 184 Å². The number of Topliss-reactive ketones (excluding diaryl/α,β-unsaturated/α-hetero) is 1. The number of hydrogen-bond acceptors (Lipinski definition) is 6. The minimum absolute atomic E-state index is 0.00470. The van der Waals surface area contributed by atoms with E-state index in [-0.39, 0.29) is 29.7 Å². The summed E-state index contributed by atoms with van der Waals surface area (Å²) in [7, 11) is 0. The van der Waals surface area contributed by atoms with Gasteiger partial charge in [0.05, 0.1) is 0 Å². The maximum atomic E-state index is 13.4. The lowest BCUT2D eigenvalue weighted by atomic mass is 9.71. The second kappa shape index (κ2) is 8.16. The first-order valence-electron chi connectivity index (χ1n) is 10.6. The average molecular weight is 440 g/mol. The highest BCUT2D eigenvalue weighted by Crippen LogP contribution is 2.48. The van der Waals surface area contributed by atoms with Crippen molar-refractivity contribution in [1.29, 1.82) is 0 Å². The Morgan fingerprint density at radius 2 is 1.77 bits per heavy atom. The lowest BCUT2D eigenvalue weighted by molar-refractivity contribution is -0.153. The molecule has 6 heteroatoms. The Bertz CT molecular complexity index is 984. The van der Waals surface area contributed by atoms with Crippen LogP contribution in [0.4, 0.5) is 0 Å². The van der Waals surface area contributed by atoms with Gasteiger partial charge in [-0.3, -0.25) is 9.59 Å². The van der Waals surface area contributed by atoms with E-state index >= 15 is 0 Å². The molecule has 1 N–H and O–H groups in total. The summed E-state index contributed by atoms with van der Waals surface area (Å²) in [5.41, 5.74) is 2.33. The van der Waals surface area contributed by atoms with Gasteiger partial charge in [-0.2, -0.15) is 0 Å². The zero-order valence-electron chi connectivity index (χ0n) is 16.8. The maximum Gasteiger partial charge on any atom is 0.316 e. The van der Waals surface area contributed by atoms with Crippen LogP contribution in [0.2, 0.25) is 0 Å². The van der Waals surface area contributed by atoms with Gasteiger partial charge in [0.2, 0.25) is 0 Å². The van der Waals surface area contributed by atoms with Crippen molar-refractivity contribution in [2.45, 2.75) is 56.5 Å². The molecule has 4 nitrogen and oxygen atoms in total. The van der Waals surface area contributed by atoms with E-state index < -0.39 is 5.92 Å². The molecule has 0 radical (unpaired) electrons. The smallest absolute Gasteiger partial charge is 0.316 e. The van der Waals surface area contributed by atoms with E-state index in [1.165, 1.54) is 4.88 Å². The first kappa shape index (κ1) is 19.8.